The van der Waals surface area contributed by atoms with Gasteiger partial charge in [0, 0.05) is 30.8 Å². The molecule has 0 amide bonds. The summed E-state index contributed by atoms with van der Waals surface area (Å²) in [5.74, 6) is -1.54. The van der Waals surface area contributed by atoms with Crippen LogP contribution < -0.4 is 0 Å². The van der Waals surface area contributed by atoms with Gasteiger partial charge in [0.05, 0.1) is 0 Å². The number of carboxylic acids is 2. The van der Waals surface area contributed by atoms with Gasteiger partial charge in [-0.05, 0) is 41.5 Å². The molecule has 1 saturated heterocycles. The molecule has 3 aromatic rings. The molecule has 0 unspecified atom stereocenters. The summed E-state index contributed by atoms with van der Waals surface area (Å²) in [6.07, 6.45) is 0.191. The van der Waals surface area contributed by atoms with Crippen molar-refractivity contribution in [3.63, 3.8) is 0 Å². The standard InChI is InChI=1S/C26H29N3O5/c1-25(2,3)20-10-8-19(9-11-20)22-27-21(28-34-22)18-6-4-17(5-7-18)16-29-14-12-26(13-15-29,23(30)31)24(32)33/h4-11H,12-16H2,1-3H3,(H,30,31)(H,32,33). The number of benzene rings is 2. The number of aromatic nitrogens is 2. The van der Waals surface area contributed by atoms with Crippen LogP contribution in [0.3, 0.4) is 0 Å². The molecular formula is C26H29N3O5. The normalized spacial score (nSPS) is 16.3. The average Bonchev–Trinajstić information content (AvgIpc) is 3.30. The third-order valence-electron chi connectivity index (χ3n) is 6.57. The van der Waals surface area contributed by atoms with E-state index in [1.165, 1.54) is 5.56 Å². The van der Waals surface area contributed by atoms with E-state index in [1.54, 1.807) is 0 Å². The lowest BCUT2D eigenvalue weighted by molar-refractivity contribution is -0.168. The number of piperidine rings is 1. The summed E-state index contributed by atoms with van der Waals surface area (Å²) < 4.78 is 5.48. The second-order valence-electron chi connectivity index (χ2n) is 9.92. The van der Waals surface area contributed by atoms with Crippen molar-refractivity contribution >= 4 is 11.9 Å². The van der Waals surface area contributed by atoms with Gasteiger partial charge in [-0.3, -0.25) is 14.5 Å². The number of carboxylic acid groups (broad SMARTS) is 2. The van der Waals surface area contributed by atoms with Crippen molar-refractivity contribution in [3.8, 4) is 22.8 Å². The van der Waals surface area contributed by atoms with Crippen molar-refractivity contribution in [2.24, 2.45) is 5.41 Å². The van der Waals surface area contributed by atoms with Gasteiger partial charge >= 0.3 is 11.9 Å². The fraction of sp³-hybridized carbons (Fsp3) is 0.385. The lowest BCUT2D eigenvalue weighted by Crippen LogP contribution is -2.48. The minimum Gasteiger partial charge on any atom is -0.480 e. The van der Waals surface area contributed by atoms with E-state index >= 15 is 0 Å². The van der Waals surface area contributed by atoms with Gasteiger partial charge in [-0.2, -0.15) is 4.98 Å². The Morgan fingerprint density at radius 1 is 0.941 bits per heavy atom. The molecule has 34 heavy (non-hydrogen) atoms. The van der Waals surface area contributed by atoms with Crippen LogP contribution in [0.1, 0.15) is 44.7 Å². The molecule has 2 N–H and O–H groups in total. The van der Waals surface area contributed by atoms with Crippen LogP contribution in [-0.2, 0) is 21.5 Å². The molecule has 0 atom stereocenters. The minimum atomic E-state index is -1.68. The summed E-state index contributed by atoms with van der Waals surface area (Å²) in [4.78, 5) is 29.6. The van der Waals surface area contributed by atoms with E-state index in [4.69, 9.17) is 4.52 Å². The Bertz CT molecular complexity index is 1150. The Morgan fingerprint density at radius 3 is 2.03 bits per heavy atom. The number of carbonyl (C=O) groups is 2. The molecule has 1 aliphatic heterocycles. The van der Waals surface area contributed by atoms with E-state index in [1.807, 2.05) is 36.4 Å². The number of nitrogens with zero attached hydrogens (tertiary/aromatic N) is 3. The van der Waals surface area contributed by atoms with Crippen LogP contribution in [0.2, 0.25) is 0 Å². The Labute approximate surface area is 198 Å². The molecule has 178 valence electrons. The van der Waals surface area contributed by atoms with E-state index in [2.05, 4.69) is 47.9 Å². The van der Waals surface area contributed by atoms with E-state index in [-0.39, 0.29) is 18.3 Å². The highest BCUT2D eigenvalue weighted by Gasteiger charge is 2.48. The number of likely N-dealkylation sites (tertiary alicyclic amines) is 1. The maximum atomic E-state index is 11.5. The fourth-order valence-corrected chi connectivity index (χ4v) is 4.20. The highest BCUT2D eigenvalue weighted by molar-refractivity contribution is 5.98. The maximum Gasteiger partial charge on any atom is 0.321 e. The van der Waals surface area contributed by atoms with Gasteiger partial charge in [0.1, 0.15) is 0 Å². The van der Waals surface area contributed by atoms with Crippen molar-refractivity contribution in [2.75, 3.05) is 13.1 Å². The first-order valence-corrected chi connectivity index (χ1v) is 11.3. The van der Waals surface area contributed by atoms with Crippen molar-refractivity contribution < 1.29 is 24.3 Å². The molecule has 1 aromatic heterocycles. The predicted octanol–water partition coefficient (Wildman–Crippen LogP) is 4.45. The molecule has 0 saturated carbocycles. The van der Waals surface area contributed by atoms with Gasteiger partial charge in [-0.1, -0.05) is 62.3 Å². The van der Waals surface area contributed by atoms with Crippen molar-refractivity contribution in [2.45, 2.75) is 45.6 Å². The summed E-state index contributed by atoms with van der Waals surface area (Å²) >= 11 is 0. The largest absolute Gasteiger partial charge is 0.480 e. The Morgan fingerprint density at radius 2 is 1.50 bits per heavy atom. The molecule has 8 nitrogen and oxygen atoms in total. The Kier molecular flexibility index (Phi) is 6.27. The molecule has 8 heteroatoms. The van der Waals surface area contributed by atoms with Crippen LogP contribution >= 0.6 is 0 Å². The number of rotatable bonds is 6. The van der Waals surface area contributed by atoms with E-state index in [0.29, 0.717) is 31.3 Å². The molecule has 0 spiro atoms. The first-order chi connectivity index (χ1) is 16.1. The summed E-state index contributed by atoms with van der Waals surface area (Å²) in [7, 11) is 0. The predicted molar refractivity (Wildman–Crippen MR) is 126 cm³/mol. The Balaban J connectivity index is 1.40. The van der Waals surface area contributed by atoms with Gasteiger partial charge in [0.15, 0.2) is 5.41 Å². The fourth-order valence-electron chi connectivity index (χ4n) is 4.20. The zero-order valence-corrected chi connectivity index (χ0v) is 19.6. The zero-order valence-electron chi connectivity index (χ0n) is 19.6. The third kappa shape index (κ3) is 4.72. The van der Waals surface area contributed by atoms with E-state index < -0.39 is 17.4 Å². The summed E-state index contributed by atoms with van der Waals surface area (Å²) in [6.45, 7) is 7.96. The molecule has 1 aliphatic rings. The lowest BCUT2D eigenvalue weighted by atomic mass is 9.78. The van der Waals surface area contributed by atoms with Crippen LogP contribution in [0.4, 0.5) is 0 Å². The molecule has 1 fully saturated rings. The summed E-state index contributed by atoms with van der Waals surface area (Å²) in [5.41, 5.74) is 2.38. The molecule has 2 heterocycles. The summed E-state index contributed by atoms with van der Waals surface area (Å²) in [6, 6.07) is 15.9. The topological polar surface area (TPSA) is 117 Å². The van der Waals surface area contributed by atoms with Crippen LogP contribution in [0.5, 0.6) is 0 Å². The minimum absolute atomic E-state index is 0.0735. The zero-order chi connectivity index (χ0) is 24.5. The van der Waals surface area contributed by atoms with Crippen molar-refractivity contribution in [1.29, 1.82) is 0 Å². The molecule has 0 radical (unpaired) electrons. The SMILES string of the molecule is CC(C)(C)c1ccc(-c2nc(-c3ccc(CN4CCC(C(=O)O)(C(=O)O)CC4)cc3)no2)cc1. The molecular weight excluding hydrogens is 434 g/mol. The number of hydrogen-bond acceptors (Lipinski definition) is 6. The van der Waals surface area contributed by atoms with E-state index in [9.17, 15) is 19.8 Å². The molecule has 0 bridgehead atoms. The smallest absolute Gasteiger partial charge is 0.321 e. The van der Waals surface area contributed by atoms with Crippen molar-refractivity contribution in [1.82, 2.24) is 15.0 Å². The van der Waals surface area contributed by atoms with Crippen LogP contribution in [-0.4, -0.2) is 50.3 Å². The number of aliphatic carboxylic acids is 2. The summed E-state index contributed by atoms with van der Waals surface area (Å²) in [5, 5.41) is 22.9. The van der Waals surface area contributed by atoms with Gasteiger partial charge in [-0.15, -0.1) is 0 Å². The first kappa shape index (κ1) is 23.6. The van der Waals surface area contributed by atoms with Crippen LogP contribution in [0.25, 0.3) is 22.8 Å². The highest BCUT2D eigenvalue weighted by atomic mass is 16.5. The van der Waals surface area contributed by atoms with Crippen LogP contribution in [0.15, 0.2) is 53.1 Å². The Hall–Kier alpha value is -3.52. The second-order valence-corrected chi connectivity index (χ2v) is 9.92. The first-order valence-electron chi connectivity index (χ1n) is 11.3. The third-order valence-corrected chi connectivity index (χ3v) is 6.57. The van der Waals surface area contributed by atoms with Crippen molar-refractivity contribution in [3.05, 3.63) is 59.7 Å². The average molecular weight is 464 g/mol. The molecule has 0 aliphatic carbocycles. The molecule has 2 aromatic carbocycles. The molecule has 4 rings (SSSR count). The quantitative estimate of drug-likeness (QED) is 0.515. The van der Waals surface area contributed by atoms with Gasteiger partial charge < -0.3 is 14.7 Å². The lowest BCUT2D eigenvalue weighted by Gasteiger charge is -2.36. The highest BCUT2D eigenvalue weighted by Crippen LogP contribution is 2.33. The van der Waals surface area contributed by atoms with Crippen LogP contribution in [0, 0.1) is 5.41 Å². The van der Waals surface area contributed by atoms with Gasteiger partial charge in [0.2, 0.25) is 5.82 Å². The van der Waals surface area contributed by atoms with Gasteiger partial charge in [-0.25, -0.2) is 0 Å². The second kappa shape index (κ2) is 9.02. The number of hydrogen-bond donors (Lipinski definition) is 2. The van der Waals surface area contributed by atoms with E-state index in [0.717, 1.165) is 16.7 Å². The maximum absolute atomic E-state index is 11.5. The van der Waals surface area contributed by atoms with Gasteiger partial charge in [0.25, 0.3) is 5.89 Å². The monoisotopic (exact) mass is 463 g/mol.